The van der Waals surface area contributed by atoms with Crippen LogP contribution in [0.5, 0.6) is 11.5 Å². The van der Waals surface area contributed by atoms with E-state index in [2.05, 4.69) is 31.9 Å². The normalized spacial score (nSPS) is 11.6. The molecule has 2 N–H and O–H groups in total. The molecule has 0 aromatic heterocycles. The Morgan fingerprint density at radius 1 is 0.789 bits per heavy atom. The quantitative estimate of drug-likeness (QED) is 0.767. The lowest BCUT2D eigenvalue weighted by Crippen LogP contribution is -2.19. The molecule has 0 atom stereocenters. The smallest absolute Gasteiger partial charge is 0.120 e. The number of aromatic hydroxyl groups is 2. The third-order valence-electron chi connectivity index (χ3n) is 3.27. The van der Waals surface area contributed by atoms with Crippen LogP contribution in [0.25, 0.3) is 0 Å². The standard InChI is InChI=1S/C15H14Br2O2/c1-15(2,11-5-3-9(16)7-13(11)18)12-6-4-10(17)8-14(12)19/h3-8,18-19H,1-2H3. The Morgan fingerprint density at radius 2 is 1.16 bits per heavy atom. The maximum Gasteiger partial charge on any atom is 0.120 e. The molecule has 0 aliphatic carbocycles. The summed E-state index contributed by atoms with van der Waals surface area (Å²) in [6.45, 7) is 3.94. The maximum atomic E-state index is 10.1. The zero-order chi connectivity index (χ0) is 14.2. The fraction of sp³-hybridized carbons (Fsp3) is 0.200. The topological polar surface area (TPSA) is 40.5 Å². The van der Waals surface area contributed by atoms with Gasteiger partial charge in [-0.15, -0.1) is 0 Å². The van der Waals surface area contributed by atoms with Crippen molar-refractivity contribution in [3.05, 3.63) is 56.5 Å². The lowest BCUT2D eigenvalue weighted by atomic mass is 9.77. The molecule has 0 radical (unpaired) electrons. The van der Waals surface area contributed by atoms with Crippen molar-refractivity contribution in [1.82, 2.24) is 0 Å². The average Bonchev–Trinajstić information content (AvgIpc) is 2.27. The zero-order valence-corrected chi connectivity index (χ0v) is 13.8. The minimum Gasteiger partial charge on any atom is -0.508 e. The van der Waals surface area contributed by atoms with E-state index in [0.717, 1.165) is 20.1 Å². The number of hydrogen-bond acceptors (Lipinski definition) is 2. The van der Waals surface area contributed by atoms with Gasteiger partial charge in [-0.1, -0.05) is 57.8 Å². The van der Waals surface area contributed by atoms with Gasteiger partial charge in [-0.3, -0.25) is 0 Å². The summed E-state index contributed by atoms with van der Waals surface area (Å²) >= 11 is 6.66. The summed E-state index contributed by atoms with van der Waals surface area (Å²) in [6.07, 6.45) is 0. The predicted molar refractivity (Wildman–Crippen MR) is 83.7 cm³/mol. The number of hydrogen-bond donors (Lipinski definition) is 2. The summed E-state index contributed by atoms with van der Waals surface area (Å²) in [6, 6.07) is 10.8. The van der Waals surface area contributed by atoms with Crippen molar-refractivity contribution in [3.8, 4) is 11.5 Å². The van der Waals surface area contributed by atoms with Crippen LogP contribution in [0.15, 0.2) is 45.3 Å². The van der Waals surface area contributed by atoms with E-state index in [-0.39, 0.29) is 11.5 Å². The predicted octanol–water partition coefficient (Wildman–Crippen LogP) is 4.95. The number of benzene rings is 2. The summed E-state index contributed by atoms with van der Waals surface area (Å²) in [5.74, 6) is 0.420. The van der Waals surface area contributed by atoms with Gasteiger partial charge >= 0.3 is 0 Å². The Labute approximate surface area is 129 Å². The molecule has 2 rings (SSSR count). The fourth-order valence-electron chi connectivity index (χ4n) is 2.21. The third kappa shape index (κ3) is 2.79. The number of phenolic OH excluding ortho intramolecular Hbond substituents is 2. The first-order chi connectivity index (χ1) is 8.82. The van der Waals surface area contributed by atoms with Crippen molar-refractivity contribution in [2.75, 3.05) is 0 Å². The molecule has 0 fully saturated rings. The van der Waals surface area contributed by atoms with Crippen molar-refractivity contribution in [3.63, 3.8) is 0 Å². The van der Waals surface area contributed by atoms with Crippen LogP contribution >= 0.6 is 31.9 Å². The van der Waals surface area contributed by atoms with E-state index in [0.29, 0.717) is 0 Å². The minimum atomic E-state index is -0.491. The molecular formula is C15H14Br2O2. The Kier molecular flexibility index (Phi) is 3.92. The second kappa shape index (κ2) is 5.17. The third-order valence-corrected chi connectivity index (χ3v) is 4.25. The Hall–Kier alpha value is -1.00. The van der Waals surface area contributed by atoms with Gasteiger partial charge in [0.25, 0.3) is 0 Å². The molecule has 0 heterocycles. The van der Waals surface area contributed by atoms with Gasteiger partial charge in [0, 0.05) is 25.5 Å². The van der Waals surface area contributed by atoms with Crippen molar-refractivity contribution in [1.29, 1.82) is 0 Å². The molecule has 0 saturated carbocycles. The highest BCUT2D eigenvalue weighted by Crippen LogP contribution is 2.41. The number of phenols is 2. The monoisotopic (exact) mass is 384 g/mol. The van der Waals surface area contributed by atoms with Gasteiger partial charge in [0.1, 0.15) is 11.5 Å². The Bertz CT molecular complexity index is 568. The van der Waals surface area contributed by atoms with Gasteiger partial charge in [-0.25, -0.2) is 0 Å². The van der Waals surface area contributed by atoms with E-state index in [1.54, 1.807) is 12.1 Å². The number of halogens is 2. The van der Waals surface area contributed by atoms with Gasteiger partial charge in [-0.05, 0) is 24.3 Å². The molecule has 4 heteroatoms. The average molecular weight is 386 g/mol. The van der Waals surface area contributed by atoms with Crippen molar-refractivity contribution in [2.24, 2.45) is 0 Å². The lowest BCUT2D eigenvalue weighted by Gasteiger charge is -2.27. The van der Waals surface area contributed by atoms with Crippen LogP contribution < -0.4 is 0 Å². The van der Waals surface area contributed by atoms with E-state index in [1.165, 1.54) is 0 Å². The maximum absolute atomic E-state index is 10.1. The molecule has 2 aromatic rings. The van der Waals surface area contributed by atoms with E-state index in [1.807, 2.05) is 38.1 Å². The van der Waals surface area contributed by atoms with Crippen LogP contribution in [-0.4, -0.2) is 10.2 Å². The fourth-order valence-corrected chi connectivity index (χ4v) is 2.91. The molecule has 2 nitrogen and oxygen atoms in total. The summed E-state index contributed by atoms with van der Waals surface area (Å²) in [4.78, 5) is 0. The highest BCUT2D eigenvalue weighted by molar-refractivity contribution is 9.10. The molecule has 19 heavy (non-hydrogen) atoms. The second-order valence-corrected chi connectivity index (χ2v) is 6.78. The zero-order valence-electron chi connectivity index (χ0n) is 10.6. The highest BCUT2D eigenvalue weighted by Gasteiger charge is 2.28. The molecule has 0 aliphatic rings. The Balaban J connectivity index is 2.58. The van der Waals surface area contributed by atoms with Crippen LogP contribution in [0, 0.1) is 0 Å². The molecule has 100 valence electrons. The largest absolute Gasteiger partial charge is 0.508 e. The van der Waals surface area contributed by atoms with Crippen molar-refractivity contribution < 1.29 is 10.2 Å². The van der Waals surface area contributed by atoms with Gasteiger partial charge in [0.05, 0.1) is 0 Å². The summed E-state index contributed by atoms with van der Waals surface area (Å²) in [7, 11) is 0. The number of rotatable bonds is 2. The first-order valence-electron chi connectivity index (χ1n) is 5.80. The minimum absolute atomic E-state index is 0.210. The van der Waals surface area contributed by atoms with E-state index in [4.69, 9.17) is 0 Å². The molecular weight excluding hydrogens is 372 g/mol. The van der Waals surface area contributed by atoms with Crippen molar-refractivity contribution >= 4 is 31.9 Å². The van der Waals surface area contributed by atoms with Crippen LogP contribution in [0.4, 0.5) is 0 Å². The lowest BCUT2D eigenvalue weighted by molar-refractivity contribution is 0.435. The van der Waals surface area contributed by atoms with Gasteiger partial charge in [-0.2, -0.15) is 0 Å². The van der Waals surface area contributed by atoms with Gasteiger partial charge in [0.2, 0.25) is 0 Å². The first-order valence-corrected chi connectivity index (χ1v) is 7.39. The van der Waals surface area contributed by atoms with Crippen molar-refractivity contribution in [2.45, 2.75) is 19.3 Å². The molecule has 0 aliphatic heterocycles. The van der Waals surface area contributed by atoms with Crippen LogP contribution in [0.1, 0.15) is 25.0 Å². The highest BCUT2D eigenvalue weighted by atomic mass is 79.9. The van der Waals surface area contributed by atoms with Crippen LogP contribution in [0.2, 0.25) is 0 Å². The van der Waals surface area contributed by atoms with Crippen LogP contribution in [-0.2, 0) is 5.41 Å². The van der Waals surface area contributed by atoms with Gasteiger partial charge in [0.15, 0.2) is 0 Å². The Morgan fingerprint density at radius 3 is 1.47 bits per heavy atom. The van der Waals surface area contributed by atoms with E-state index < -0.39 is 5.41 Å². The molecule has 0 spiro atoms. The molecule has 2 aromatic carbocycles. The van der Waals surface area contributed by atoms with E-state index >= 15 is 0 Å². The second-order valence-electron chi connectivity index (χ2n) is 4.95. The molecule has 0 saturated heterocycles. The molecule has 0 amide bonds. The summed E-state index contributed by atoms with van der Waals surface area (Å²) < 4.78 is 1.65. The van der Waals surface area contributed by atoms with Crippen LogP contribution in [0.3, 0.4) is 0 Å². The summed E-state index contributed by atoms with van der Waals surface area (Å²) in [5, 5.41) is 20.2. The van der Waals surface area contributed by atoms with Gasteiger partial charge < -0.3 is 10.2 Å². The van der Waals surface area contributed by atoms with E-state index in [9.17, 15) is 10.2 Å². The summed E-state index contributed by atoms with van der Waals surface area (Å²) in [5.41, 5.74) is 1.05. The first kappa shape index (κ1) is 14.4. The molecule has 0 bridgehead atoms. The SMILES string of the molecule is CC(C)(c1ccc(Br)cc1O)c1ccc(Br)cc1O. The molecule has 0 unspecified atom stereocenters.